The molecular weight excluding hydrogens is 544 g/mol. The minimum Gasteiger partial charge on any atom is -0.491 e. The minimum absolute atomic E-state index is 0.00419. The molecule has 0 radical (unpaired) electrons. The van der Waals surface area contributed by atoms with Crippen molar-refractivity contribution in [2.75, 3.05) is 6.61 Å². The van der Waals surface area contributed by atoms with Crippen LogP contribution in [0, 0.1) is 0 Å². The SMILES string of the molecule is CCOC(=O)C1=C(C)N=c2s/c(=C\c3ccc(-c4ccccc4C(=O)O)o3)c(=O)n2[C@@H]1c1ccc(OC(C)C)cc1. The third kappa shape index (κ3) is 5.51. The topological polar surface area (TPSA) is 120 Å². The van der Waals surface area contributed by atoms with E-state index >= 15 is 0 Å². The van der Waals surface area contributed by atoms with Crippen LogP contribution >= 0.6 is 11.3 Å². The van der Waals surface area contributed by atoms with Crippen molar-refractivity contribution in [1.82, 2.24) is 4.57 Å². The second-order valence-electron chi connectivity index (χ2n) is 9.59. The maximum Gasteiger partial charge on any atom is 0.338 e. The van der Waals surface area contributed by atoms with Gasteiger partial charge in [-0.1, -0.05) is 41.7 Å². The number of esters is 1. The normalized spacial score (nSPS) is 15.0. The third-order valence-electron chi connectivity index (χ3n) is 6.41. The van der Waals surface area contributed by atoms with E-state index in [4.69, 9.17) is 13.9 Å². The number of carboxylic acids is 1. The largest absolute Gasteiger partial charge is 0.491 e. The fourth-order valence-corrected chi connectivity index (χ4v) is 5.72. The molecule has 5 rings (SSSR count). The van der Waals surface area contributed by atoms with Gasteiger partial charge in [-0.25, -0.2) is 14.6 Å². The molecule has 4 aromatic rings. The smallest absolute Gasteiger partial charge is 0.338 e. The number of carbonyl (C=O) groups is 2. The fourth-order valence-electron chi connectivity index (χ4n) is 4.70. The molecule has 0 amide bonds. The monoisotopic (exact) mass is 572 g/mol. The van der Waals surface area contributed by atoms with Crippen molar-refractivity contribution in [3.8, 4) is 17.1 Å². The van der Waals surface area contributed by atoms with Crippen molar-refractivity contribution < 1.29 is 28.6 Å². The zero-order chi connectivity index (χ0) is 29.3. The molecule has 9 nitrogen and oxygen atoms in total. The van der Waals surface area contributed by atoms with Gasteiger partial charge in [0.2, 0.25) is 0 Å². The fraction of sp³-hybridized carbons (Fsp3) is 0.226. The van der Waals surface area contributed by atoms with Gasteiger partial charge in [0.25, 0.3) is 5.56 Å². The van der Waals surface area contributed by atoms with E-state index in [0.29, 0.717) is 43.4 Å². The maximum atomic E-state index is 13.8. The Balaban J connectivity index is 1.61. The van der Waals surface area contributed by atoms with Gasteiger partial charge in [-0.05, 0) is 63.6 Å². The first-order valence-electron chi connectivity index (χ1n) is 13.1. The highest BCUT2D eigenvalue weighted by Gasteiger charge is 2.33. The molecule has 0 aliphatic carbocycles. The first kappa shape index (κ1) is 27.9. The summed E-state index contributed by atoms with van der Waals surface area (Å²) in [5, 5.41) is 9.54. The number of allylic oxidation sites excluding steroid dienone is 1. The average Bonchev–Trinajstić information content (AvgIpc) is 3.52. The molecule has 3 heterocycles. The highest BCUT2D eigenvalue weighted by Crippen LogP contribution is 2.32. The Labute approximate surface area is 239 Å². The number of nitrogens with zero attached hydrogens (tertiary/aromatic N) is 2. The number of hydrogen-bond donors (Lipinski definition) is 1. The predicted molar refractivity (Wildman–Crippen MR) is 154 cm³/mol. The number of benzene rings is 2. The molecule has 0 unspecified atom stereocenters. The molecule has 1 atom stereocenters. The number of carboxylic acid groups (broad SMARTS) is 1. The van der Waals surface area contributed by atoms with Crippen LogP contribution in [0.1, 0.15) is 55.4 Å². The van der Waals surface area contributed by atoms with E-state index in [1.165, 1.54) is 22.0 Å². The lowest BCUT2D eigenvalue weighted by molar-refractivity contribution is -0.139. The zero-order valence-corrected chi connectivity index (χ0v) is 23.7. The van der Waals surface area contributed by atoms with Gasteiger partial charge in [0, 0.05) is 11.6 Å². The summed E-state index contributed by atoms with van der Waals surface area (Å²) in [6.45, 7) is 7.50. The Morgan fingerprint density at radius 2 is 1.85 bits per heavy atom. The first-order chi connectivity index (χ1) is 19.7. The van der Waals surface area contributed by atoms with Gasteiger partial charge in [-0.3, -0.25) is 9.36 Å². The van der Waals surface area contributed by atoms with Gasteiger partial charge >= 0.3 is 11.9 Å². The Hall–Kier alpha value is -4.70. The van der Waals surface area contributed by atoms with E-state index in [2.05, 4.69) is 4.99 Å². The molecule has 41 heavy (non-hydrogen) atoms. The highest BCUT2D eigenvalue weighted by molar-refractivity contribution is 7.07. The predicted octanol–water partition coefficient (Wildman–Crippen LogP) is 4.54. The number of ether oxygens (including phenoxy) is 2. The van der Waals surface area contributed by atoms with Gasteiger partial charge < -0.3 is 19.0 Å². The zero-order valence-electron chi connectivity index (χ0n) is 22.9. The standard InChI is InChI=1S/C31H28N2O7S/c1-5-38-30(37)26-18(4)32-31-33(27(26)19-10-12-20(13-11-19)39-17(2)3)28(34)25(41-31)16-21-14-15-24(40-21)22-8-6-7-9-23(22)29(35)36/h6-17,27H,5H2,1-4H3,(H,35,36)/b25-16-/t27-/m1/s1. The van der Waals surface area contributed by atoms with Crippen LogP contribution in [-0.4, -0.2) is 34.3 Å². The van der Waals surface area contributed by atoms with E-state index in [0.717, 1.165) is 0 Å². The van der Waals surface area contributed by atoms with Gasteiger partial charge in [-0.15, -0.1) is 0 Å². The summed E-state index contributed by atoms with van der Waals surface area (Å²) in [6.07, 6.45) is 1.59. The summed E-state index contributed by atoms with van der Waals surface area (Å²) in [5.74, 6) is -0.193. The van der Waals surface area contributed by atoms with Crippen molar-refractivity contribution in [1.29, 1.82) is 0 Å². The minimum atomic E-state index is -1.07. The van der Waals surface area contributed by atoms with E-state index < -0.39 is 18.0 Å². The van der Waals surface area contributed by atoms with Crippen LogP contribution in [0.5, 0.6) is 5.75 Å². The van der Waals surface area contributed by atoms with Crippen LogP contribution in [-0.2, 0) is 9.53 Å². The lowest BCUT2D eigenvalue weighted by atomic mass is 9.96. The molecule has 1 aliphatic rings. The van der Waals surface area contributed by atoms with Crippen LogP contribution in [0.4, 0.5) is 0 Å². The number of carbonyl (C=O) groups excluding carboxylic acids is 1. The van der Waals surface area contributed by atoms with Crippen molar-refractivity contribution in [2.24, 2.45) is 4.99 Å². The molecule has 0 spiro atoms. The lowest BCUT2D eigenvalue weighted by Gasteiger charge is -2.25. The molecule has 2 aromatic heterocycles. The number of hydrogen-bond acceptors (Lipinski definition) is 8. The molecule has 0 fully saturated rings. The maximum absolute atomic E-state index is 13.8. The number of rotatable bonds is 8. The summed E-state index contributed by atoms with van der Waals surface area (Å²) < 4.78 is 18.9. The van der Waals surface area contributed by atoms with Crippen molar-refractivity contribution in [3.05, 3.63) is 109 Å². The lowest BCUT2D eigenvalue weighted by Crippen LogP contribution is -2.39. The number of aromatic carboxylic acids is 1. The molecule has 210 valence electrons. The molecule has 0 saturated heterocycles. The molecule has 0 saturated carbocycles. The molecular formula is C31H28N2O7S. The van der Waals surface area contributed by atoms with Crippen molar-refractivity contribution >= 4 is 29.4 Å². The highest BCUT2D eigenvalue weighted by atomic mass is 32.1. The first-order valence-corrected chi connectivity index (χ1v) is 13.9. The van der Waals surface area contributed by atoms with Gasteiger partial charge in [0.1, 0.15) is 17.3 Å². The van der Waals surface area contributed by atoms with E-state index in [-0.39, 0.29) is 29.4 Å². The summed E-state index contributed by atoms with van der Waals surface area (Å²) in [4.78, 5) is 43.6. The average molecular weight is 573 g/mol. The van der Waals surface area contributed by atoms with Crippen LogP contribution in [0.15, 0.2) is 86.1 Å². The molecule has 0 bridgehead atoms. The van der Waals surface area contributed by atoms with Crippen LogP contribution in [0.2, 0.25) is 0 Å². The number of thiazole rings is 1. The second kappa shape index (κ2) is 11.4. The molecule has 1 N–H and O–H groups in total. The van der Waals surface area contributed by atoms with Crippen LogP contribution < -0.4 is 19.6 Å². The van der Waals surface area contributed by atoms with Crippen LogP contribution in [0.3, 0.4) is 0 Å². The Bertz CT molecular complexity index is 1840. The molecule has 2 aromatic carbocycles. The summed E-state index contributed by atoms with van der Waals surface area (Å²) >= 11 is 1.17. The Kier molecular flexibility index (Phi) is 7.76. The number of furan rings is 1. The quantitative estimate of drug-likeness (QED) is 0.308. The van der Waals surface area contributed by atoms with E-state index in [1.54, 1.807) is 50.3 Å². The van der Waals surface area contributed by atoms with E-state index in [9.17, 15) is 19.5 Å². The number of aromatic nitrogens is 1. The second-order valence-corrected chi connectivity index (χ2v) is 10.6. The number of fused-ring (bicyclic) bond motifs is 1. The van der Waals surface area contributed by atoms with Gasteiger partial charge in [0.05, 0.1) is 40.1 Å². The van der Waals surface area contributed by atoms with Gasteiger partial charge in [0.15, 0.2) is 4.80 Å². The van der Waals surface area contributed by atoms with Crippen molar-refractivity contribution in [3.63, 3.8) is 0 Å². The Morgan fingerprint density at radius 1 is 1.12 bits per heavy atom. The van der Waals surface area contributed by atoms with E-state index in [1.807, 2.05) is 38.1 Å². The summed E-state index contributed by atoms with van der Waals surface area (Å²) in [5.41, 5.74) is 1.65. The Morgan fingerprint density at radius 3 is 2.54 bits per heavy atom. The van der Waals surface area contributed by atoms with Crippen LogP contribution in [0.25, 0.3) is 17.4 Å². The third-order valence-corrected chi connectivity index (χ3v) is 7.39. The van der Waals surface area contributed by atoms with Crippen molar-refractivity contribution in [2.45, 2.75) is 39.8 Å². The van der Waals surface area contributed by atoms with Gasteiger partial charge in [-0.2, -0.15) is 0 Å². The summed E-state index contributed by atoms with van der Waals surface area (Å²) in [6, 6.07) is 16.4. The molecule has 1 aliphatic heterocycles. The summed E-state index contributed by atoms with van der Waals surface area (Å²) in [7, 11) is 0. The molecule has 10 heteroatoms.